The van der Waals surface area contributed by atoms with Crippen LogP contribution in [0.25, 0.3) is 0 Å². The molecule has 0 aromatic carbocycles. The number of halogens is 1. The molecule has 1 unspecified atom stereocenters. The Morgan fingerprint density at radius 1 is 1.35 bits per heavy atom. The van der Waals surface area contributed by atoms with Crippen molar-refractivity contribution < 1.29 is 0 Å². The van der Waals surface area contributed by atoms with Crippen molar-refractivity contribution in [2.24, 2.45) is 0 Å². The molecule has 1 saturated heterocycles. The van der Waals surface area contributed by atoms with Gasteiger partial charge in [-0.05, 0) is 38.6 Å². The molecule has 2 N–H and O–H groups in total. The normalized spacial score (nSPS) is 26.5. The molecular weight excluding hydrogens is 236 g/mol. The Kier molecular flexibility index (Phi) is 2.92. The van der Waals surface area contributed by atoms with Crippen LogP contribution in [0.15, 0.2) is 12.4 Å². The maximum atomic E-state index is 5.77. The van der Waals surface area contributed by atoms with Crippen molar-refractivity contribution >= 4 is 17.5 Å². The molecule has 2 fully saturated rings. The first-order valence-corrected chi connectivity index (χ1v) is 6.63. The van der Waals surface area contributed by atoms with E-state index in [4.69, 9.17) is 11.6 Å². The van der Waals surface area contributed by atoms with Gasteiger partial charge in [-0.3, -0.25) is 0 Å². The molecule has 1 aliphatic heterocycles. The van der Waals surface area contributed by atoms with Crippen LogP contribution < -0.4 is 10.6 Å². The predicted molar refractivity (Wildman–Crippen MR) is 68.3 cm³/mol. The highest BCUT2D eigenvalue weighted by Gasteiger charge is 2.40. The maximum absolute atomic E-state index is 5.77. The zero-order valence-electron chi connectivity index (χ0n) is 9.75. The van der Waals surface area contributed by atoms with Gasteiger partial charge in [0.15, 0.2) is 0 Å². The van der Waals surface area contributed by atoms with Crippen LogP contribution in [0, 0.1) is 0 Å². The van der Waals surface area contributed by atoms with E-state index in [1.165, 1.54) is 25.7 Å². The summed E-state index contributed by atoms with van der Waals surface area (Å²) in [7, 11) is 0. The molecule has 3 rings (SSSR count). The summed E-state index contributed by atoms with van der Waals surface area (Å²) < 4.78 is 0. The first kappa shape index (κ1) is 11.2. The topological polar surface area (TPSA) is 49.8 Å². The fourth-order valence-electron chi connectivity index (χ4n) is 2.83. The highest BCUT2D eigenvalue weighted by atomic mass is 35.5. The third-order valence-corrected chi connectivity index (χ3v) is 4.09. The van der Waals surface area contributed by atoms with E-state index < -0.39 is 0 Å². The molecule has 0 bridgehead atoms. The van der Waals surface area contributed by atoms with Gasteiger partial charge < -0.3 is 10.6 Å². The Balaban J connectivity index is 1.63. The number of rotatable bonds is 2. The number of piperidine rings is 1. The Bertz CT molecular complexity index is 388. The summed E-state index contributed by atoms with van der Waals surface area (Å²) in [5.41, 5.74) is 0.405. The molecule has 0 radical (unpaired) electrons. The molecule has 5 heteroatoms. The van der Waals surface area contributed by atoms with Gasteiger partial charge >= 0.3 is 0 Å². The van der Waals surface area contributed by atoms with Gasteiger partial charge in [0, 0.05) is 11.6 Å². The Morgan fingerprint density at radius 3 is 2.76 bits per heavy atom. The van der Waals surface area contributed by atoms with Crippen LogP contribution in [-0.4, -0.2) is 28.1 Å². The van der Waals surface area contributed by atoms with Crippen molar-refractivity contribution in [1.29, 1.82) is 0 Å². The monoisotopic (exact) mass is 252 g/mol. The lowest BCUT2D eigenvalue weighted by Crippen LogP contribution is -2.58. The minimum Gasteiger partial charge on any atom is -0.351 e. The van der Waals surface area contributed by atoms with Gasteiger partial charge in [-0.1, -0.05) is 11.6 Å². The van der Waals surface area contributed by atoms with Gasteiger partial charge in [0.1, 0.15) is 0 Å². The summed E-state index contributed by atoms with van der Waals surface area (Å²) in [5.74, 6) is 0.691. The molecule has 1 aromatic heterocycles. The standard InChI is InChI=1S/C12H17ClN4/c13-9-7-14-11(15-8-9)17-10-2-5-16-12(6-10)3-1-4-12/h7-8,10,16H,1-6H2,(H,14,15,17). The molecule has 2 aliphatic rings. The lowest BCUT2D eigenvalue weighted by atomic mass is 9.70. The van der Waals surface area contributed by atoms with Crippen LogP contribution in [0.4, 0.5) is 5.95 Å². The summed E-state index contributed by atoms with van der Waals surface area (Å²) in [5, 5.41) is 7.65. The van der Waals surface area contributed by atoms with Gasteiger partial charge in [-0.25, -0.2) is 9.97 Å². The first-order chi connectivity index (χ1) is 8.26. The van der Waals surface area contributed by atoms with Gasteiger partial charge in [0.2, 0.25) is 5.95 Å². The highest BCUT2D eigenvalue weighted by Crippen LogP contribution is 2.38. The van der Waals surface area contributed by atoms with Crippen molar-refractivity contribution in [3.05, 3.63) is 17.4 Å². The quantitative estimate of drug-likeness (QED) is 0.848. The lowest BCUT2D eigenvalue weighted by molar-refractivity contribution is 0.135. The van der Waals surface area contributed by atoms with Crippen molar-refractivity contribution in [3.63, 3.8) is 0 Å². The Morgan fingerprint density at radius 2 is 2.12 bits per heavy atom. The Hall–Kier alpha value is -0.870. The second-order valence-electron chi connectivity index (χ2n) is 5.12. The van der Waals surface area contributed by atoms with Crippen LogP contribution >= 0.6 is 11.6 Å². The first-order valence-electron chi connectivity index (χ1n) is 6.25. The third kappa shape index (κ3) is 2.38. The van der Waals surface area contributed by atoms with Gasteiger partial charge in [-0.15, -0.1) is 0 Å². The average molecular weight is 253 g/mol. The summed E-state index contributed by atoms with van der Waals surface area (Å²) in [6, 6.07) is 0.484. The van der Waals surface area contributed by atoms with Crippen LogP contribution in [0.3, 0.4) is 0 Å². The third-order valence-electron chi connectivity index (χ3n) is 3.89. The van der Waals surface area contributed by atoms with Gasteiger partial charge in [0.05, 0.1) is 17.4 Å². The van der Waals surface area contributed by atoms with Gasteiger partial charge in [0.25, 0.3) is 0 Å². The molecule has 1 aromatic rings. The maximum Gasteiger partial charge on any atom is 0.222 e. The predicted octanol–water partition coefficient (Wildman–Crippen LogP) is 2.22. The molecule has 17 heavy (non-hydrogen) atoms. The van der Waals surface area contributed by atoms with E-state index in [9.17, 15) is 0 Å². The largest absolute Gasteiger partial charge is 0.351 e. The fraction of sp³-hybridized carbons (Fsp3) is 0.667. The van der Waals surface area contributed by atoms with E-state index in [1.807, 2.05) is 0 Å². The smallest absolute Gasteiger partial charge is 0.222 e. The van der Waals surface area contributed by atoms with E-state index in [0.717, 1.165) is 13.0 Å². The molecule has 92 valence electrons. The molecule has 1 atom stereocenters. The van der Waals surface area contributed by atoms with Crippen LogP contribution in [-0.2, 0) is 0 Å². The van der Waals surface area contributed by atoms with E-state index in [2.05, 4.69) is 20.6 Å². The SMILES string of the molecule is Clc1cnc(NC2CCNC3(CCC3)C2)nc1. The minimum absolute atomic E-state index is 0.405. The number of nitrogens with zero attached hydrogens (tertiary/aromatic N) is 2. The Labute approximate surface area is 106 Å². The van der Waals surface area contributed by atoms with E-state index in [1.54, 1.807) is 12.4 Å². The number of hydrogen-bond acceptors (Lipinski definition) is 4. The second-order valence-corrected chi connectivity index (χ2v) is 5.56. The van der Waals surface area contributed by atoms with Crippen molar-refractivity contribution in [1.82, 2.24) is 15.3 Å². The minimum atomic E-state index is 0.405. The van der Waals surface area contributed by atoms with Crippen LogP contribution in [0.2, 0.25) is 5.02 Å². The lowest BCUT2D eigenvalue weighted by Gasteiger charge is -2.48. The fourth-order valence-corrected chi connectivity index (χ4v) is 2.93. The van der Waals surface area contributed by atoms with Crippen molar-refractivity contribution in [2.75, 3.05) is 11.9 Å². The summed E-state index contributed by atoms with van der Waals surface area (Å²) >= 11 is 5.77. The molecule has 4 nitrogen and oxygen atoms in total. The van der Waals surface area contributed by atoms with E-state index >= 15 is 0 Å². The number of aromatic nitrogens is 2. The second kappa shape index (κ2) is 4.42. The zero-order valence-corrected chi connectivity index (χ0v) is 10.5. The summed E-state index contributed by atoms with van der Waals surface area (Å²) in [6.07, 6.45) is 9.57. The molecule has 1 aliphatic carbocycles. The summed E-state index contributed by atoms with van der Waals surface area (Å²) in [6.45, 7) is 1.09. The van der Waals surface area contributed by atoms with Gasteiger partial charge in [-0.2, -0.15) is 0 Å². The highest BCUT2D eigenvalue weighted by molar-refractivity contribution is 6.30. The molecule has 1 saturated carbocycles. The number of anilines is 1. The molecule has 0 amide bonds. The van der Waals surface area contributed by atoms with Crippen molar-refractivity contribution in [3.8, 4) is 0 Å². The molecule has 2 heterocycles. The van der Waals surface area contributed by atoms with E-state index in [-0.39, 0.29) is 0 Å². The van der Waals surface area contributed by atoms with E-state index in [0.29, 0.717) is 22.6 Å². The van der Waals surface area contributed by atoms with Crippen LogP contribution in [0.1, 0.15) is 32.1 Å². The number of nitrogens with one attached hydrogen (secondary N) is 2. The summed E-state index contributed by atoms with van der Waals surface area (Å²) in [4.78, 5) is 8.38. The zero-order chi connectivity index (χ0) is 11.7. The van der Waals surface area contributed by atoms with Crippen LogP contribution in [0.5, 0.6) is 0 Å². The number of hydrogen-bond donors (Lipinski definition) is 2. The molecule has 1 spiro atoms. The average Bonchev–Trinajstić information content (AvgIpc) is 2.31. The van der Waals surface area contributed by atoms with Crippen molar-refractivity contribution in [2.45, 2.75) is 43.7 Å². The molecular formula is C12H17ClN4.